The number of rotatable bonds is 13. The fourth-order valence-electron chi connectivity index (χ4n) is 4.44. The van der Waals surface area contributed by atoms with Crippen molar-refractivity contribution in [1.29, 1.82) is 0 Å². The van der Waals surface area contributed by atoms with Crippen LogP contribution in [0.3, 0.4) is 0 Å². The van der Waals surface area contributed by atoms with Gasteiger partial charge < -0.3 is 0 Å². The van der Waals surface area contributed by atoms with Gasteiger partial charge in [0.2, 0.25) is 0 Å². The quantitative estimate of drug-likeness (QED) is 0.103. The molecule has 5 aromatic rings. The number of thiophene rings is 5. The Kier molecular flexibility index (Phi) is 20.6. The van der Waals surface area contributed by atoms with E-state index in [9.17, 15) is 0 Å². The van der Waals surface area contributed by atoms with Gasteiger partial charge in [-0.15, -0.1) is 0 Å². The third kappa shape index (κ3) is 15.7. The summed E-state index contributed by atoms with van der Waals surface area (Å²) in [5.74, 6) is 0. The van der Waals surface area contributed by atoms with Crippen LogP contribution in [-0.2, 0) is 13.3 Å². The van der Waals surface area contributed by atoms with Crippen molar-refractivity contribution in [2.24, 2.45) is 0 Å². The van der Waals surface area contributed by atoms with E-state index in [2.05, 4.69) is 148 Å². The fraction of sp³-hybridized carbons (Fsp3) is 0.500. The van der Waals surface area contributed by atoms with Gasteiger partial charge in [0.1, 0.15) is 0 Å². The first kappa shape index (κ1) is 44.9. The summed E-state index contributed by atoms with van der Waals surface area (Å²) in [6.07, 6.45) is 0. The molecule has 254 valence electrons. The zero-order valence-corrected chi connectivity index (χ0v) is 52.1. The van der Waals surface area contributed by atoms with Crippen LogP contribution < -0.4 is 8.68 Å². The molecule has 0 unspecified atom stereocenters. The Morgan fingerprint density at radius 1 is 0.426 bits per heavy atom. The van der Waals surface area contributed by atoms with Crippen molar-refractivity contribution in [2.75, 3.05) is 0 Å². The van der Waals surface area contributed by atoms with E-state index >= 15 is 0 Å². The molecular formula is C36H56S5Sn6. The fourth-order valence-corrected chi connectivity index (χ4v) is 35.0. The molecule has 0 aromatic carbocycles. The summed E-state index contributed by atoms with van der Waals surface area (Å²) in [5, 5.41) is 0. The van der Waals surface area contributed by atoms with Gasteiger partial charge in [-0.25, -0.2) is 0 Å². The Bertz CT molecular complexity index is 1590. The standard InChI is InChI=1S/C9H6S2.C7H4S2.C5H4S.3C2H5.9CH3.6Sn/c1-7-4-5-9(11-7)8-3-2-6-10-8;1-5-4-7-6(9-5)2-3-8-7;1-5-3-2-4-6-5;3*1-2;;;;;;;;;;;;;;;/h2-5H,1H2;2,4H,1H2;2-3H,1H2;3*1H2,2H3;9*1H3;;;;;;. The maximum absolute atomic E-state index is 2.51. The van der Waals surface area contributed by atoms with Crippen LogP contribution >= 0.6 is 56.7 Å². The van der Waals surface area contributed by atoms with Crippen LogP contribution in [0.15, 0.2) is 48.5 Å². The molecular weight excluding hydrogens is 1300 g/mol. The molecule has 0 aliphatic carbocycles. The van der Waals surface area contributed by atoms with Gasteiger partial charge >= 0.3 is 358 Å². The minimum absolute atomic E-state index is 0.0242. The molecule has 0 aliphatic heterocycles. The summed E-state index contributed by atoms with van der Waals surface area (Å²) in [6, 6.07) is 19.2. The Balaban J connectivity index is 0.000000194. The average molecular weight is 1360 g/mol. The van der Waals surface area contributed by atoms with E-state index in [4.69, 9.17) is 0 Å². The molecule has 6 radical (unpaired) electrons. The van der Waals surface area contributed by atoms with E-state index in [1.807, 2.05) is 22.7 Å². The summed E-state index contributed by atoms with van der Waals surface area (Å²) in [6.45, 7) is 7.01. The van der Waals surface area contributed by atoms with E-state index in [-0.39, 0.29) is 63.4 Å². The SMILES string of the molecule is C[CH2][Sn][CH2]c1cc2s[c]([Sn]([CH3])([CH3])[CH3])cc2s1.C[CH2][Sn][CH2]c1cc[c]([Sn]([CH3])([CH3])[CH3])s1.C[CH2][Sn][CH2]c1ccc(-c2cc[c]([Sn]([CH3])([CH3])[CH3])s2)s1. The molecule has 0 nitrogen and oxygen atoms in total. The molecule has 0 N–H and O–H groups in total. The summed E-state index contributed by atoms with van der Waals surface area (Å²) in [7, 11) is 0. The summed E-state index contributed by atoms with van der Waals surface area (Å²) >= 11 is 4.79. The van der Waals surface area contributed by atoms with Crippen LogP contribution in [0.25, 0.3) is 19.2 Å². The first-order valence-electron chi connectivity index (χ1n) is 17.0. The summed E-state index contributed by atoms with van der Waals surface area (Å²) in [4.78, 5) is 30.5. The Hall–Kier alpha value is 3.55. The molecule has 0 bridgehead atoms. The molecule has 5 heterocycles. The predicted molar refractivity (Wildman–Crippen MR) is 240 cm³/mol. The molecule has 0 saturated carbocycles. The van der Waals surface area contributed by atoms with E-state index in [1.54, 1.807) is 32.7 Å². The van der Waals surface area contributed by atoms with Gasteiger partial charge in [-0.1, -0.05) is 0 Å². The van der Waals surface area contributed by atoms with Gasteiger partial charge in [0.05, 0.1) is 0 Å². The zero-order valence-electron chi connectivity index (χ0n) is 30.9. The van der Waals surface area contributed by atoms with Crippen molar-refractivity contribution in [3.8, 4) is 9.75 Å². The Morgan fingerprint density at radius 3 is 1.34 bits per heavy atom. The van der Waals surface area contributed by atoms with E-state index in [0.717, 1.165) is 0 Å². The Labute approximate surface area is 351 Å². The van der Waals surface area contributed by atoms with Crippen molar-refractivity contribution in [1.82, 2.24) is 0 Å². The molecule has 0 aliphatic rings. The topological polar surface area (TPSA) is 0 Å². The van der Waals surface area contributed by atoms with Gasteiger partial charge in [-0.3, -0.25) is 0 Å². The second kappa shape index (κ2) is 21.6. The summed E-state index contributed by atoms with van der Waals surface area (Å²) < 4.78 is 17.0. The van der Waals surface area contributed by atoms with E-state index in [0.29, 0.717) is 0 Å². The van der Waals surface area contributed by atoms with Gasteiger partial charge in [-0.2, -0.15) is 0 Å². The third-order valence-corrected chi connectivity index (χ3v) is 53.3. The monoisotopic (exact) mass is 1370 g/mol. The first-order valence-corrected chi connectivity index (χ1v) is 63.1. The zero-order chi connectivity index (χ0) is 34.8. The molecule has 0 fully saturated rings. The molecule has 0 atom stereocenters. The molecule has 47 heavy (non-hydrogen) atoms. The van der Waals surface area contributed by atoms with Gasteiger partial charge in [-0.05, 0) is 0 Å². The molecule has 0 amide bonds. The molecule has 5 rings (SSSR count). The van der Waals surface area contributed by atoms with E-state index in [1.165, 1.54) is 36.4 Å². The number of hydrogen-bond donors (Lipinski definition) is 0. The first-order chi connectivity index (χ1) is 22.0. The van der Waals surface area contributed by atoms with Crippen LogP contribution in [0.5, 0.6) is 0 Å². The number of fused-ring (bicyclic) bond motifs is 1. The van der Waals surface area contributed by atoms with Crippen LogP contribution in [0.4, 0.5) is 0 Å². The maximum atomic E-state index is 2.51. The molecule has 0 spiro atoms. The molecule has 11 heteroatoms. The Morgan fingerprint density at radius 2 is 0.851 bits per heavy atom. The summed E-state index contributed by atoms with van der Waals surface area (Å²) in [5.41, 5.74) is 0. The van der Waals surface area contributed by atoms with Crippen molar-refractivity contribution >= 4 is 193 Å². The van der Waals surface area contributed by atoms with Gasteiger partial charge in [0, 0.05) is 0 Å². The minimum atomic E-state index is -1.85. The van der Waals surface area contributed by atoms with Crippen molar-refractivity contribution in [3.05, 3.63) is 63.2 Å². The second-order valence-corrected chi connectivity index (χ2v) is 80.1. The molecule has 0 saturated heterocycles. The van der Waals surface area contributed by atoms with Gasteiger partial charge in [0.25, 0.3) is 0 Å². The van der Waals surface area contributed by atoms with Crippen molar-refractivity contribution in [2.45, 2.75) is 91.8 Å². The van der Waals surface area contributed by atoms with Crippen molar-refractivity contribution < 1.29 is 0 Å². The predicted octanol–water partition coefficient (Wildman–Crippen LogP) is 11.8. The molecule has 5 aromatic heterocycles. The van der Waals surface area contributed by atoms with Crippen molar-refractivity contribution in [3.63, 3.8) is 0 Å². The third-order valence-electron chi connectivity index (χ3n) is 7.30. The number of hydrogen-bond acceptors (Lipinski definition) is 5. The second-order valence-electron chi connectivity index (χ2n) is 14.8. The average Bonchev–Trinajstić information content (AvgIpc) is 3.80. The van der Waals surface area contributed by atoms with E-state index < -0.39 is 55.1 Å². The van der Waals surface area contributed by atoms with Crippen LogP contribution in [0.2, 0.25) is 57.8 Å². The van der Waals surface area contributed by atoms with Crippen LogP contribution in [0, 0.1) is 0 Å². The normalized spacial score (nSPS) is 12.2. The van der Waals surface area contributed by atoms with Crippen LogP contribution in [-0.4, -0.2) is 119 Å². The van der Waals surface area contributed by atoms with Gasteiger partial charge in [0.15, 0.2) is 0 Å². The van der Waals surface area contributed by atoms with Crippen LogP contribution in [0.1, 0.15) is 35.4 Å².